The van der Waals surface area contributed by atoms with Gasteiger partial charge in [0.25, 0.3) is 10.0 Å². The molecule has 0 spiro atoms. The molecule has 3 aromatic carbocycles. The number of esters is 1. The van der Waals surface area contributed by atoms with Gasteiger partial charge in [-0.25, -0.2) is 13.2 Å². The van der Waals surface area contributed by atoms with E-state index in [2.05, 4.69) is 0 Å². The van der Waals surface area contributed by atoms with Crippen molar-refractivity contribution in [1.82, 2.24) is 0 Å². The smallest absolute Gasteiger partial charge is 0.416 e. The predicted octanol–water partition coefficient (Wildman–Crippen LogP) is 5.68. The summed E-state index contributed by atoms with van der Waals surface area (Å²) in [6.45, 7) is 3.49. The first-order chi connectivity index (χ1) is 15.5. The zero-order valence-corrected chi connectivity index (χ0v) is 19.0. The average Bonchev–Trinajstić information content (AvgIpc) is 2.79. The molecule has 174 valence electrons. The molecule has 0 bridgehead atoms. The second-order valence-corrected chi connectivity index (χ2v) is 9.12. The molecule has 3 aromatic rings. The number of methoxy groups -OCH3 is 1. The Labute approximate surface area is 190 Å². The highest BCUT2D eigenvalue weighted by molar-refractivity contribution is 7.92. The van der Waals surface area contributed by atoms with E-state index in [9.17, 15) is 26.4 Å². The van der Waals surface area contributed by atoms with Crippen molar-refractivity contribution in [3.8, 4) is 11.1 Å². The fourth-order valence-corrected chi connectivity index (χ4v) is 4.88. The van der Waals surface area contributed by atoms with Gasteiger partial charge in [0, 0.05) is 6.54 Å². The molecule has 0 saturated heterocycles. The Morgan fingerprint density at radius 1 is 0.939 bits per heavy atom. The summed E-state index contributed by atoms with van der Waals surface area (Å²) in [6, 6.07) is 15.5. The lowest BCUT2D eigenvalue weighted by Crippen LogP contribution is -2.31. The Morgan fingerprint density at radius 3 is 1.97 bits per heavy atom. The van der Waals surface area contributed by atoms with Crippen LogP contribution in [0.1, 0.15) is 28.4 Å². The summed E-state index contributed by atoms with van der Waals surface area (Å²) < 4.78 is 70.8. The summed E-state index contributed by atoms with van der Waals surface area (Å²) in [5.41, 5.74) is 1.60. The molecule has 3 rings (SSSR count). The molecule has 0 aliphatic heterocycles. The van der Waals surface area contributed by atoms with E-state index in [0.717, 1.165) is 12.1 Å². The number of alkyl halides is 3. The molecular formula is C24H22F3NO4S. The average molecular weight is 478 g/mol. The number of sulfonamides is 1. The number of halogens is 3. The van der Waals surface area contributed by atoms with E-state index in [0.29, 0.717) is 22.4 Å². The summed E-state index contributed by atoms with van der Waals surface area (Å²) in [7, 11) is -2.76. The molecule has 0 N–H and O–H groups in total. The first-order valence-corrected chi connectivity index (χ1v) is 11.4. The van der Waals surface area contributed by atoms with Crippen LogP contribution in [0.25, 0.3) is 11.1 Å². The molecule has 9 heteroatoms. The van der Waals surface area contributed by atoms with Gasteiger partial charge in [0.05, 0.1) is 28.8 Å². The number of ether oxygens (including phenoxy) is 1. The summed E-state index contributed by atoms with van der Waals surface area (Å²) >= 11 is 0. The molecule has 0 atom stereocenters. The summed E-state index contributed by atoms with van der Waals surface area (Å²) in [4.78, 5) is 11.9. The van der Waals surface area contributed by atoms with Crippen molar-refractivity contribution in [3.63, 3.8) is 0 Å². The van der Waals surface area contributed by atoms with Gasteiger partial charge in [0.15, 0.2) is 0 Å². The van der Waals surface area contributed by atoms with Gasteiger partial charge in [-0.05, 0) is 66.9 Å². The third kappa shape index (κ3) is 5.03. The Balaban J connectivity index is 1.93. The SMILES string of the molecule is CCN(c1ccc(-c2ccc(C(F)(F)F)cc2)cc1)S(=O)(=O)c1ccc(C)c(C(=O)OC)c1. The first kappa shape index (κ1) is 24.3. The van der Waals surface area contributed by atoms with E-state index in [4.69, 9.17) is 4.74 Å². The number of hydrogen-bond donors (Lipinski definition) is 0. The molecule has 0 amide bonds. The Hall–Kier alpha value is -3.33. The molecule has 0 aliphatic rings. The standard InChI is InChI=1S/C24H22F3NO4S/c1-4-28(33(30,31)21-14-5-16(2)22(15-21)23(29)32-3)20-12-8-18(9-13-20)17-6-10-19(11-7-17)24(25,26)27/h5-15H,4H2,1-3H3. The third-order valence-corrected chi connectivity index (χ3v) is 7.09. The van der Waals surface area contributed by atoms with E-state index in [1.165, 1.54) is 35.7 Å². The Morgan fingerprint density at radius 2 is 1.48 bits per heavy atom. The van der Waals surface area contributed by atoms with Crippen molar-refractivity contribution < 1.29 is 31.1 Å². The Kier molecular flexibility index (Phi) is 6.83. The normalized spacial score (nSPS) is 11.8. The number of carbonyl (C=O) groups excluding carboxylic acids is 1. The fourth-order valence-electron chi connectivity index (χ4n) is 3.38. The molecule has 0 aromatic heterocycles. The quantitative estimate of drug-likeness (QED) is 0.429. The van der Waals surface area contributed by atoms with Crippen LogP contribution in [0.4, 0.5) is 18.9 Å². The highest BCUT2D eigenvalue weighted by atomic mass is 32.2. The minimum atomic E-state index is -4.41. The highest BCUT2D eigenvalue weighted by Crippen LogP contribution is 2.32. The van der Waals surface area contributed by atoms with Crippen LogP contribution in [-0.2, 0) is 20.9 Å². The third-order valence-electron chi connectivity index (χ3n) is 5.19. The minimum Gasteiger partial charge on any atom is -0.465 e. The zero-order valence-electron chi connectivity index (χ0n) is 18.2. The van der Waals surface area contributed by atoms with Crippen LogP contribution < -0.4 is 4.31 Å². The fraction of sp³-hybridized carbons (Fsp3) is 0.208. The van der Waals surface area contributed by atoms with E-state index < -0.39 is 27.7 Å². The van der Waals surface area contributed by atoms with Crippen molar-refractivity contribution in [2.75, 3.05) is 18.0 Å². The second-order valence-electron chi connectivity index (χ2n) is 7.26. The van der Waals surface area contributed by atoms with Crippen LogP contribution in [0.5, 0.6) is 0 Å². The van der Waals surface area contributed by atoms with Crippen molar-refractivity contribution in [1.29, 1.82) is 0 Å². The zero-order chi connectivity index (χ0) is 24.4. The van der Waals surface area contributed by atoms with Crippen LogP contribution in [0.2, 0.25) is 0 Å². The van der Waals surface area contributed by atoms with Gasteiger partial charge in [-0.15, -0.1) is 0 Å². The number of rotatable bonds is 6. The number of nitrogens with zero attached hydrogens (tertiary/aromatic N) is 1. The van der Waals surface area contributed by atoms with Gasteiger partial charge in [0.1, 0.15) is 0 Å². The molecule has 0 radical (unpaired) electrons. The largest absolute Gasteiger partial charge is 0.465 e. The molecule has 0 saturated carbocycles. The van der Waals surface area contributed by atoms with E-state index in [1.54, 1.807) is 44.2 Å². The number of benzene rings is 3. The van der Waals surface area contributed by atoms with Gasteiger partial charge < -0.3 is 4.74 Å². The monoisotopic (exact) mass is 477 g/mol. The lowest BCUT2D eigenvalue weighted by atomic mass is 10.0. The van der Waals surface area contributed by atoms with Gasteiger partial charge in [-0.3, -0.25) is 4.31 Å². The number of hydrogen-bond acceptors (Lipinski definition) is 4. The molecule has 0 heterocycles. The first-order valence-electron chi connectivity index (χ1n) is 9.98. The summed E-state index contributed by atoms with van der Waals surface area (Å²) in [5.74, 6) is -0.631. The van der Waals surface area contributed by atoms with Crippen molar-refractivity contribution in [3.05, 3.63) is 83.4 Å². The molecule has 5 nitrogen and oxygen atoms in total. The summed E-state index contributed by atoms with van der Waals surface area (Å²) in [5, 5.41) is 0. The number of carbonyl (C=O) groups is 1. The number of anilines is 1. The van der Waals surface area contributed by atoms with Gasteiger partial charge in [-0.1, -0.05) is 30.3 Å². The van der Waals surface area contributed by atoms with Gasteiger partial charge in [-0.2, -0.15) is 13.2 Å². The van der Waals surface area contributed by atoms with E-state index >= 15 is 0 Å². The molecule has 0 aliphatic carbocycles. The van der Waals surface area contributed by atoms with Crippen LogP contribution in [0.15, 0.2) is 71.6 Å². The van der Waals surface area contributed by atoms with Crippen LogP contribution >= 0.6 is 0 Å². The highest BCUT2D eigenvalue weighted by Gasteiger charge is 2.30. The summed E-state index contributed by atoms with van der Waals surface area (Å²) in [6.07, 6.45) is -4.41. The van der Waals surface area contributed by atoms with Crippen molar-refractivity contribution in [2.24, 2.45) is 0 Å². The minimum absolute atomic E-state index is 0.0536. The van der Waals surface area contributed by atoms with Crippen molar-refractivity contribution >= 4 is 21.7 Å². The predicted molar refractivity (Wildman–Crippen MR) is 120 cm³/mol. The molecule has 33 heavy (non-hydrogen) atoms. The van der Waals surface area contributed by atoms with Gasteiger partial charge in [0.2, 0.25) is 0 Å². The Bertz CT molecular complexity index is 1250. The van der Waals surface area contributed by atoms with E-state index in [-0.39, 0.29) is 17.0 Å². The van der Waals surface area contributed by atoms with E-state index in [1.807, 2.05) is 0 Å². The van der Waals surface area contributed by atoms with Crippen LogP contribution in [-0.4, -0.2) is 28.0 Å². The van der Waals surface area contributed by atoms with Crippen LogP contribution in [0.3, 0.4) is 0 Å². The lowest BCUT2D eigenvalue weighted by Gasteiger charge is -2.23. The second kappa shape index (κ2) is 9.27. The molecule has 0 unspecified atom stereocenters. The van der Waals surface area contributed by atoms with Gasteiger partial charge >= 0.3 is 12.1 Å². The molecule has 0 fully saturated rings. The van der Waals surface area contributed by atoms with Crippen molar-refractivity contribution in [2.45, 2.75) is 24.9 Å². The maximum Gasteiger partial charge on any atom is 0.416 e. The van der Waals surface area contributed by atoms with Crippen LogP contribution in [0, 0.1) is 6.92 Å². The lowest BCUT2D eigenvalue weighted by molar-refractivity contribution is -0.137. The topological polar surface area (TPSA) is 63.7 Å². The molecular weight excluding hydrogens is 455 g/mol. The maximum atomic E-state index is 13.3. The number of aryl methyl sites for hydroxylation is 1. The maximum absolute atomic E-state index is 13.3.